The Bertz CT molecular complexity index is 616. The number of nitrogens with zero attached hydrogens (tertiary/aromatic N) is 1. The molecular weight excluding hydrogens is 314 g/mol. The molecule has 2 unspecified atom stereocenters. The second kappa shape index (κ2) is 6.84. The van der Waals surface area contributed by atoms with Crippen LogP contribution in [0, 0.1) is 0 Å². The van der Waals surface area contributed by atoms with Gasteiger partial charge in [0.05, 0.1) is 0 Å². The highest BCUT2D eigenvalue weighted by molar-refractivity contribution is 7.32. The lowest BCUT2D eigenvalue weighted by atomic mass is 9.92. The summed E-state index contributed by atoms with van der Waals surface area (Å²) in [5, 5.41) is 6.49. The van der Waals surface area contributed by atoms with Gasteiger partial charge in [-0.15, -0.1) is 11.3 Å². The molecule has 3 nitrogen and oxygen atoms in total. The molecule has 0 spiro atoms. The van der Waals surface area contributed by atoms with E-state index in [4.69, 9.17) is 4.74 Å². The highest BCUT2D eigenvalue weighted by Crippen LogP contribution is 2.43. The average molecular weight is 337 g/mol. The van der Waals surface area contributed by atoms with Crippen LogP contribution >= 0.6 is 21.8 Å². The number of hydrogen-bond donors (Lipinski definition) is 0. The van der Waals surface area contributed by atoms with Crippen molar-refractivity contribution in [2.45, 2.75) is 50.8 Å². The van der Waals surface area contributed by atoms with Crippen molar-refractivity contribution in [1.82, 2.24) is 0 Å². The molecule has 2 aromatic heterocycles. The van der Waals surface area contributed by atoms with Gasteiger partial charge in [-0.3, -0.25) is 4.90 Å². The summed E-state index contributed by atoms with van der Waals surface area (Å²) >= 11 is 1.60. The van der Waals surface area contributed by atoms with Crippen molar-refractivity contribution in [3.05, 3.63) is 35.0 Å². The van der Waals surface area contributed by atoms with E-state index in [-0.39, 0.29) is 16.6 Å². The Morgan fingerprint density at radius 2 is 2.27 bits per heavy atom. The van der Waals surface area contributed by atoms with Gasteiger partial charge in [0.2, 0.25) is 0 Å². The van der Waals surface area contributed by atoms with Gasteiger partial charge in [-0.1, -0.05) is 6.92 Å². The summed E-state index contributed by atoms with van der Waals surface area (Å²) in [6.45, 7) is 4.39. The minimum absolute atomic E-state index is 0.0767. The smallest absolute Gasteiger partial charge is 0.363 e. The Kier molecular flexibility index (Phi) is 4.84. The van der Waals surface area contributed by atoms with Crippen molar-refractivity contribution in [1.29, 1.82) is 0 Å². The van der Waals surface area contributed by atoms with Crippen LogP contribution in [0.25, 0.3) is 0 Å². The third-order valence-electron chi connectivity index (χ3n) is 4.27. The first-order valence-electron chi connectivity index (χ1n) is 7.85. The van der Waals surface area contributed by atoms with Gasteiger partial charge in [-0.05, 0) is 56.2 Å². The van der Waals surface area contributed by atoms with Crippen LogP contribution < -0.4 is 9.64 Å². The number of carbonyl (C=O) groups is 1. The molecule has 1 saturated carbocycles. The highest BCUT2D eigenvalue weighted by atomic mass is 32.2. The average Bonchev–Trinajstić information content (AvgIpc) is 3.12. The van der Waals surface area contributed by atoms with E-state index in [0.717, 1.165) is 29.3 Å². The first-order valence-corrected chi connectivity index (χ1v) is 10.1. The van der Waals surface area contributed by atoms with E-state index in [1.54, 1.807) is 11.3 Å². The maximum atomic E-state index is 12.7. The van der Waals surface area contributed by atoms with Gasteiger partial charge in [-0.25, -0.2) is 4.79 Å². The predicted molar refractivity (Wildman–Crippen MR) is 94.4 cm³/mol. The highest BCUT2D eigenvalue weighted by Gasteiger charge is 2.34. The first kappa shape index (κ1) is 15.6. The van der Waals surface area contributed by atoms with Crippen LogP contribution in [0.5, 0.6) is 5.06 Å². The van der Waals surface area contributed by atoms with E-state index >= 15 is 0 Å². The Balaban J connectivity index is 1.78. The number of anilines is 1. The van der Waals surface area contributed by atoms with Gasteiger partial charge in [0.15, 0.2) is 0 Å². The minimum atomic E-state index is -0.220. The fraction of sp³-hybridized carbons (Fsp3) is 0.471. The number of thiophene rings is 2. The first-order chi connectivity index (χ1) is 10.7. The molecular formula is C17H22NO2S2+. The number of amides is 1. The predicted octanol–water partition coefficient (Wildman–Crippen LogP) is 6.03. The molecule has 2 atom stereocenters. The molecule has 22 heavy (non-hydrogen) atoms. The lowest BCUT2D eigenvalue weighted by Crippen LogP contribution is -2.45. The van der Waals surface area contributed by atoms with E-state index in [0.29, 0.717) is 11.3 Å². The molecule has 118 valence electrons. The second-order valence-corrected chi connectivity index (χ2v) is 8.83. The zero-order valence-corrected chi connectivity index (χ0v) is 14.7. The van der Waals surface area contributed by atoms with Gasteiger partial charge < -0.3 is 4.74 Å². The molecule has 0 aliphatic heterocycles. The van der Waals surface area contributed by atoms with E-state index in [1.807, 2.05) is 34.5 Å². The molecule has 1 amide bonds. The van der Waals surface area contributed by atoms with Crippen LogP contribution in [-0.4, -0.2) is 12.1 Å². The molecule has 0 bridgehead atoms. The molecule has 2 aromatic rings. The minimum Gasteiger partial charge on any atom is -0.363 e. The van der Waals surface area contributed by atoms with Gasteiger partial charge in [0, 0.05) is 22.6 Å². The van der Waals surface area contributed by atoms with Gasteiger partial charge in [0.1, 0.15) is 15.6 Å². The number of hydrogen-bond acceptors (Lipinski definition) is 3. The largest absolute Gasteiger partial charge is 0.424 e. The van der Waals surface area contributed by atoms with Crippen molar-refractivity contribution < 1.29 is 9.53 Å². The Labute approximate surface area is 138 Å². The Hall–Kier alpha value is -1.33. The SMILES string of the molecule is CCC(C)[s+]1cccc1OC(=O)N(c1cccs1)C1CCC1. The summed E-state index contributed by atoms with van der Waals surface area (Å²) in [5.74, 6) is 0. The molecule has 5 heteroatoms. The van der Waals surface area contributed by atoms with Gasteiger partial charge >= 0.3 is 11.2 Å². The van der Waals surface area contributed by atoms with Crippen LogP contribution in [-0.2, 0) is 0 Å². The van der Waals surface area contributed by atoms with E-state index < -0.39 is 0 Å². The fourth-order valence-corrected chi connectivity index (χ4v) is 5.15. The Morgan fingerprint density at radius 1 is 1.45 bits per heavy atom. The fourth-order valence-electron chi connectivity index (χ4n) is 2.55. The summed E-state index contributed by atoms with van der Waals surface area (Å²) < 4.78 is 5.79. The molecule has 0 aromatic carbocycles. The summed E-state index contributed by atoms with van der Waals surface area (Å²) in [6, 6.07) is 8.24. The van der Waals surface area contributed by atoms with Crippen LogP contribution in [0.15, 0.2) is 35.0 Å². The quantitative estimate of drug-likeness (QED) is 0.624. The van der Waals surface area contributed by atoms with Gasteiger partial charge in [-0.2, -0.15) is 0 Å². The van der Waals surface area contributed by atoms with Crippen molar-refractivity contribution in [2.24, 2.45) is 0 Å². The number of carbonyl (C=O) groups excluding carboxylic acids is 1. The molecule has 3 rings (SSSR count). The maximum Gasteiger partial charge on any atom is 0.424 e. The molecule has 1 fully saturated rings. The van der Waals surface area contributed by atoms with Crippen molar-refractivity contribution in [3.63, 3.8) is 0 Å². The third kappa shape index (κ3) is 3.06. The second-order valence-electron chi connectivity index (χ2n) is 5.68. The molecule has 0 N–H and O–H groups in total. The number of rotatable bonds is 5. The maximum absolute atomic E-state index is 12.7. The van der Waals surface area contributed by atoms with Crippen LogP contribution in [0.1, 0.15) is 44.8 Å². The van der Waals surface area contributed by atoms with E-state index in [2.05, 4.69) is 19.2 Å². The van der Waals surface area contributed by atoms with E-state index in [1.165, 1.54) is 6.42 Å². The zero-order valence-electron chi connectivity index (χ0n) is 13.0. The lowest BCUT2D eigenvalue weighted by Gasteiger charge is -2.35. The standard InChI is InChI=1S/C17H22NO2S2/c1-3-13(2)22-12-6-10-16(22)20-17(19)18(14-7-4-8-14)15-9-5-11-21-15/h5-6,9-14H,3-4,7-8H2,1-2H3/q+1. The van der Waals surface area contributed by atoms with Gasteiger partial charge in [0.25, 0.3) is 0 Å². The molecule has 0 radical (unpaired) electrons. The van der Waals surface area contributed by atoms with Crippen LogP contribution in [0.3, 0.4) is 0 Å². The van der Waals surface area contributed by atoms with Crippen molar-refractivity contribution >= 4 is 32.9 Å². The summed E-state index contributed by atoms with van der Waals surface area (Å²) in [6.07, 6.45) is 4.20. The van der Waals surface area contributed by atoms with Crippen LogP contribution in [0.2, 0.25) is 0 Å². The number of ether oxygens (including phenoxy) is 1. The topological polar surface area (TPSA) is 29.5 Å². The monoisotopic (exact) mass is 336 g/mol. The summed E-state index contributed by atoms with van der Waals surface area (Å²) in [5.41, 5.74) is 0. The van der Waals surface area contributed by atoms with Crippen LogP contribution in [0.4, 0.5) is 9.80 Å². The van der Waals surface area contributed by atoms with Crippen molar-refractivity contribution in [2.75, 3.05) is 4.90 Å². The zero-order chi connectivity index (χ0) is 15.5. The Morgan fingerprint density at radius 3 is 2.86 bits per heavy atom. The van der Waals surface area contributed by atoms with E-state index in [9.17, 15) is 4.79 Å². The molecule has 0 saturated heterocycles. The molecule has 2 heterocycles. The lowest BCUT2D eigenvalue weighted by molar-refractivity contribution is 0.201. The molecule has 1 aliphatic rings. The van der Waals surface area contributed by atoms with Crippen molar-refractivity contribution in [3.8, 4) is 5.06 Å². The third-order valence-corrected chi connectivity index (χ3v) is 7.47. The summed E-state index contributed by atoms with van der Waals surface area (Å²) in [4.78, 5) is 14.6. The summed E-state index contributed by atoms with van der Waals surface area (Å²) in [7, 11) is -0.0767. The molecule has 1 aliphatic carbocycles. The normalized spacial score (nSPS) is 16.9.